The molecule has 15 heavy (non-hydrogen) atoms. The molecule has 84 valence electrons. The quantitative estimate of drug-likeness (QED) is 0.748. The maximum atomic E-state index is 9.87. The third kappa shape index (κ3) is 5.11. The Bertz CT molecular complexity index is 279. The van der Waals surface area contributed by atoms with Crippen LogP contribution in [-0.2, 0) is 6.54 Å². The van der Waals surface area contributed by atoms with Crippen LogP contribution in [0, 0.1) is 0 Å². The van der Waals surface area contributed by atoms with Crippen LogP contribution in [0.1, 0.15) is 12.6 Å². The van der Waals surface area contributed by atoms with E-state index in [0.717, 1.165) is 11.4 Å². The average Bonchev–Trinajstić information content (AvgIpc) is 2.19. The lowest BCUT2D eigenvalue weighted by atomic mass is 10.1. The van der Waals surface area contributed by atoms with Gasteiger partial charge in [0.2, 0.25) is 0 Å². The average molecular weight is 227 g/mol. The van der Waals surface area contributed by atoms with Crippen molar-refractivity contribution in [2.75, 3.05) is 18.6 Å². The molecule has 0 saturated carbocycles. The van der Waals surface area contributed by atoms with E-state index in [9.17, 15) is 5.11 Å². The van der Waals surface area contributed by atoms with Gasteiger partial charge in [-0.3, -0.25) is 9.97 Å². The summed E-state index contributed by atoms with van der Waals surface area (Å²) in [6, 6.07) is 0. The van der Waals surface area contributed by atoms with E-state index in [1.807, 2.05) is 13.2 Å². The first kappa shape index (κ1) is 12.4. The van der Waals surface area contributed by atoms with Crippen LogP contribution in [0.4, 0.5) is 0 Å². The number of aromatic nitrogens is 2. The molecule has 1 heterocycles. The Morgan fingerprint density at radius 1 is 1.53 bits per heavy atom. The number of hydrogen-bond acceptors (Lipinski definition) is 5. The Labute approximate surface area is 94.5 Å². The standard InChI is InChI=1S/C10H17N3OS/c1-10(14,8-15-2)7-12-6-9-5-11-3-4-13-9/h3-5,12,14H,6-8H2,1-2H3. The minimum Gasteiger partial charge on any atom is -0.388 e. The molecule has 1 aromatic heterocycles. The van der Waals surface area contributed by atoms with Gasteiger partial charge in [-0.15, -0.1) is 0 Å². The largest absolute Gasteiger partial charge is 0.388 e. The summed E-state index contributed by atoms with van der Waals surface area (Å²) < 4.78 is 0. The molecule has 0 aliphatic carbocycles. The van der Waals surface area contributed by atoms with Crippen LogP contribution in [0.5, 0.6) is 0 Å². The number of nitrogens with one attached hydrogen (secondary N) is 1. The molecule has 1 aromatic rings. The first-order valence-corrected chi connectivity index (χ1v) is 6.20. The Hall–Kier alpha value is -0.650. The maximum Gasteiger partial charge on any atom is 0.0833 e. The van der Waals surface area contributed by atoms with E-state index in [4.69, 9.17) is 0 Å². The number of hydrogen-bond donors (Lipinski definition) is 2. The summed E-state index contributed by atoms with van der Waals surface area (Å²) >= 11 is 1.64. The van der Waals surface area contributed by atoms with E-state index in [0.29, 0.717) is 13.1 Å². The zero-order valence-electron chi connectivity index (χ0n) is 9.10. The zero-order chi connectivity index (χ0) is 11.1. The Kier molecular flexibility index (Phi) is 5.01. The highest BCUT2D eigenvalue weighted by molar-refractivity contribution is 7.98. The van der Waals surface area contributed by atoms with Crippen LogP contribution in [0.25, 0.3) is 0 Å². The highest BCUT2D eigenvalue weighted by Gasteiger charge is 2.18. The molecule has 0 aromatic carbocycles. The lowest BCUT2D eigenvalue weighted by molar-refractivity contribution is 0.0845. The topological polar surface area (TPSA) is 58.0 Å². The molecule has 0 spiro atoms. The molecule has 4 nitrogen and oxygen atoms in total. The van der Waals surface area contributed by atoms with Crippen molar-refractivity contribution in [3.63, 3.8) is 0 Å². The van der Waals surface area contributed by atoms with Crippen LogP contribution < -0.4 is 5.32 Å². The Balaban J connectivity index is 2.27. The number of rotatable bonds is 6. The van der Waals surface area contributed by atoms with E-state index in [2.05, 4.69) is 15.3 Å². The van der Waals surface area contributed by atoms with Crippen LogP contribution >= 0.6 is 11.8 Å². The fourth-order valence-electron chi connectivity index (χ4n) is 1.24. The molecule has 0 radical (unpaired) electrons. The van der Waals surface area contributed by atoms with E-state index < -0.39 is 5.60 Å². The van der Waals surface area contributed by atoms with Gasteiger partial charge >= 0.3 is 0 Å². The molecule has 0 aliphatic heterocycles. The van der Waals surface area contributed by atoms with E-state index in [-0.39, 0.29) is 0 Å². The van der Waals surface area contributed by atoms with Crippen molar-refractivity contribution in [3.8, 4) is 0 Å². The van der Waals surface area contributed by atoms with Crippen molar-refractivity contribution in [3.05, 3.63) is 24.3 Å². The maximum absolute atomic E-state index is 9.87. The number of thioether (sulfide) groups is 1. The summed E-state index contributed by atoms with van der Waals surface area (Å²) in [5.74, 6) is 0.723. The second-order valence-electron chi connectivity index (χ2n) is 3.73. The van der Waals surface area contributed by atoms with Crippen LogP contribution in [0.2, 0.25) is 0 Å². The van der Waals surface area contributed by atoms with Gasteiger partial charge in [0.25, 0.3) is 0 Å². The van der Waals surface area contributed by atoms with Gasteiger partial charge in [-0.25, -0.2) is 0 Å². The van der Waals surface area contributed by atoms with Gasteiger partial charge in [0.1, 0.15) is 0 Å². The van der Waals surface area contributed by atoms with Crippen molar-refractivity contribution >= 4 is 11.8 Å². The second-order valence-corrected chi connectivity index (χ2v) is 4.60. The molecule has 1 rings (SSSR count). The molecule has 1 unspecified atom stereocenters. The van der Waals surface area contributed by atoms with Crippen molar-refractivity contribution in [1.29, 1.82) is 0 Å². The van der Waals surface area contributed by atoms with Crippen molar-refractivity contribution in [1.82, 2.24) is 15.3 Å². The third-order valence-corrected chi connectivity index (χ3v) is 2.79. The predicted octanol–water partition coefficient (Wildman–Crippen LogP) is 0.680. The fraction of sp³-hybridized carbons (Fsp3) is 0.600. The molecule has 2 N–H and O–H groups in total. The lowest BCUT2D eigenvalue weighted by Gasteiger charge is -2.22. The second kappa shape index (κ2) is 6.05. The number of nitrogens with zero attached hydrogens (tertiary/aromatic N) is 2. The third-order valence-electron chi connectivity index (χ3n) is 1.88. The molecule has 0 fully saturated rings. The molecule has 1 atom stereocenters. The van der Waals surface area contributed by atoms with Crippen molar-refractivity contribution < 1.29 is 5.11 Å². The highest BCUT2D eigenvalue weighted by Crippen LogP contribution is 2.09. The summed E-state index contributed by atoms with van der Waals surface area (Å²) in [6.07, 6.45) is 7.01. The van der Waals surface area contributed by atoms with Gasteiger partial charge < -0.3 is 10.4 Å². The lowest BCUT2D eigenvalue weighted by Crippen LogP contribution is -2.39. The van der Waals surface area contributed by atoms with Crippen molar-refractivity contribution in [2.45, 2.75) is 19.1 Å². The Morgan fingerprint density at radius 3 is 2.93 bits per heavy atom. The van der Waals surface area contributed by atoms with Gasteiger partial charge in [-0.1, -0.05) is 0 Å². The Morgan fingerprint density at radius 2 is 2.33 bits per heavy atom. The minimum absolute atomic E-state index is 0.560. The summed E-state index contributed by atoms with van der Waals surface area (Å²) in [5, 5.41) is 13.0. The molecular weight excluding hydrogens is 210 g/mol. The zero-order valence-corrected chi connectivity index (χ0v) is 9.92. The number of aliphatic hydroxyl groups is 1. The summed E-state index contributed by atoms with van der Waals surface area (Å²) in [4.78, 5) is 8.10. The van der Waals surface area contributed by atoms with Gasteiger partial charge in [0, 0.05) is 37.4 Å². The van der Waals surface area contributed by atoms with Crippen molar-refractivity contribution in [2.24, 2.45) is 0 Å². The highest BCUT2D eigenvalue weighted by atomic mass is 32.2. The molecule has 0 aliphatic rings. The molecule has 0 bridgehead atoms. The normalized spacial score (nSPS) is 14.9. The van der Waals surface area contributed by atoms with Crippen LogP contribution in [-0.4, -0.2) is 39.2 Å². The summed E-state index contributed by atoms with van der Waals surface area (Å²) in [6.45, 7) is 3.02. The smallest absolute Gasteiger partial charge is 0.0833 e. The monoisotopic (exact) mass is 227 g/mol. The van der Waals surface area contributed by atoms with Gasteiger partial charge in [0.15, 0.2) is 0 Å². The molecule has 0 saturated heterocycles. The van der Waals surface area contributed by atoms with Gasteiger partial charge in [-0.05, 0) is 13.2 Å². The summed E-state index contributed by atoms with van der Waals surface area (Å²) in [5.41, 5.74) is 0.221. The van der Waals surface area contributed by atoms with E-state index >= 15 is 0 Å². The summed E-state index contributed by atoms with van der Waals surface area (Å²) in [7, 11) is 0. The first-order chi connectivity index (χ1) is 7.14. The SMILES string of the molecule is CSCC(C)(O)CNCc1cnccn1. The van der Waals surface area contributed by atoms with Gasteiger partial charge in [-0.2, -0.15) is 11.8 Å². The van der Waals surface area contributed by atoms with E-state index in [1.54, 1.807) is 30.4 Å². The minimum atomic E-state index is -0.665. The molecule has 5 heteroatoms. The first-order valence-electron chi connectivity index (χ1n) is 4.81. The van der Waals surface area contributed by atoms with E-state index in [1.165, 1.54) is 0 Å². The predicted molar refractivity (Wildman–Crippen MR) is 62.7 cm³/mol. The van der Waals surface area contributed by atoms with Gasteiger partial charge in [0.05, 0.1) is 11.3 Å². The fourth-order valence-corrected chi connectivity index (χ4v) is 1.97. The van der Waals surface area contributed by atoms with Crippen LogP contribution in [0.3, 0.4) is 0 Å². The molecular formula is C10H17N3OS. The van der Waals surface area contributed by atoms with Crippen LogP contribution in [0.15, 0.2) is 18.6 Å². The molecule has 0 amide bonds.